The summed E-state index contributed by atoms with van der Waals surface area (Å²) >= 11 is 0. The topological polar surface area (TPSA) is 97.4 Å². The Labute approximate surface area is 132 Å². The third-order valence-electron chi connectivity index (χ3n) is 3.66. The zero-order valence-electron chi connectivity index (χ0n) is 12.3. The second-order valence-corrected chi connectivity index (χ2v) is 5.19. The van der Waals surface area contributed by atoms with Gasteiger partial charge in [0.15, 0.2) is 0 Å². The van der Waals surface area contributed by atoms with Crippen LogP contribution in [0.5, 0.6) is 0 Å². The van der Waals surface area contributed by atoms with E-state index < -0.39 is 5.91 Å². The zero-order chi connectivity index (χ0) is 16.2. The molecule has 1 atom stereocenters. The first-order valence-electron chi connectivity index (χ1n) is 7.27. The summed E-state index contributed by atoms with van der Waals surface area (Å²) < 4.78 is 7.06. The van der Waals surface area contributed by atoms with Crippen molar-refractivity contribution in [1.82, 2.24) is 20.0 Å². The van der Waals surface area contributed by atoms with Crippen molar-refractivity contribution in [2.24, 2.45) is 0 Å². The highest BCUT2D eigenvalue weighted by Gasteiger charge is 2.30. The number of furan rings is 1. The Morgan fingerprint density at radius 3 is 2.70 bits per heavy atom. The van der Waals surface area contributed by atoms with E-state index in [1.54, 1.807) is 41.5 Å². The Kier molecular flexibility index (Phi) is 4.22. The summed E-state index contributed by atoms with van der Waals surface area (Å²) in [7, 11) is 0. The molecule has 3 heterocycles. The number of aromatic nitrogens is 2. The highest BCUT2D eigenvalue weighted by Crippen LogP contribution is 2.17. The summed E-state index contributed by atoms with van der Waals surface area (Å²) in [5, 5.41) is 6.89. The van der Waals surface area contributed by atoms with Gasteiger partial charge in [-0.25, -0.2) is 0 Å². The Hall–Kier alpha value is -2.90. The molecule has 0 aromatic carbocycles. The van der Waals surface area contributed by atoms with Crippen LogP contribution in [-0.2, 0) is 14.4 Å². The van der Waals surface area contributed by atoms with E-state index in [9.17, 15) is 14.4 Å². The smallest absolute Gasteiger partial charge is 0.240 e. The maximum absolute atomic E-state index is 12.0. The van der Waals surface area contributed by atoms with E-state index >= 15 is 0 Å². The fourth-order valence-electron chi connectivity index (χ4n) is 2.48. The van der Waals surface area contributed by atoms with E-state index in [4.69, 9.17) is 4.42 Å². The summed E-state index contributed by atoms with van der Waals surface area (Å²) in [5.74, 6) is -0.348. The van der Waals surface area contributed by atoms with Gasteiger partial charge in [-0.15, -0.1) is 0 Å². The molecule has 0 spiro atoms. The highest BCUT2D eigenvalue weighted by atomic mass is 16.3. The SMILES string of the molecule is O=C(CN1C(=O)CCC1=O)NC[C@H](c1ccco1)n1cccn1. The Morgan fingerprint density at radius 2 is 2.09 bits per heavy atom. The highest BCUT2D eigenvalue weighted by molar-refractivity contribution is 6.04. The molecule has 2 aromatic rings. The molecule has 0 saturated carbocycles. The van der Waals surface area contributed by atoms with E-state index in [1.807, 2.05) is 0 Å². The van der Waals surface area contributed by atoms with Crippen LogP contribution in [0.15, 0.2) is 41.3 Å². The molecule has 1 aliphatic heterocycles. The molecule has 2 aromatic heterocycles. The lowest BCUT2D eigenvalue weighted by molar-refractivity contribution is -0.142. The van der Waals surface area contributed by atoms with E-state index in [1.165, 1.54) is 0 Å². The molecule has 1 N–H and O–H groups in total. The van der Waals surface area contributed by atoms with Gasteiger partial charge in [0.2, 0.25) is 17.7 Å². The normalized spacial score (nSPS) is 15.9. The van der Waals surface area contributed by atoms with Crippen molar-refractivity contribution in [2.75, 3.05) is 13.1 Å². The molecule has 3 amide bonds. The van der Waals surface area contributed by atoms with Gasteiger partial charge < -0.3 is 9.73 Å². The molecular formula is C15H16N4O4. The standard InChI is InChI=1S/C15H16N4O4/c20-13(10-18-14(21)4-5-15(18)22)16-9-11(12-3-1-8-23-12)19-7-2-6-17-19/h1-3,6-8,11H,4-5,9-10H2,(H,16,20)/t11-/m1/s1. The summed E-state index contributed by atoms with van der Waals surface area (Å²) in [6.45, 7) is -0.00804. The minimum absolute atomic E-state index is 0.175. The first-order valence-corrected chi connectivity index (χ1v) is 7.27. The molecular weight excluding hydrogens is 300 g/mol. The molecule has 3 rings (SSSR count). The van der Waals surface area contributed by atoms with E-state index in [0.29, 0.717) is 5.76 Å². The van der Waals surface area contributed by atoms with Gasteiger partial charge in [-0.1, -0.05) is 0 Å². The van der Waals surface area contributed by atoms with Crippen LogP contribution in [0.4, 0.5) is 0 Å². The van der Waals surface area contributed by atoms with Gasteiger partial charge in [-0.05, 0) is 18.2 Å². The maximum Gasteiger partial charge on any atom is 0.240 e. The summed E-state index contributed by atoms with van der Waals surface area (Å²) in [5.41, 5.74) is 0. The van der Waals surface area contributed by atoms with Crippen molar-refractivity contribution in [1.29, 1.82) is 0 Å². The number of carbonyl (C=O) groups is 3. The lowest BCUT2D eigenvalue weighted by Gasteiger charge is -2.18. The molecule has 1 aliphatic rings. The molecule has 1 saturated heterocycles. The number of rotatable bonds is 6. The first kappa shape index (κ1) is 15.0. The van der Waals surface area contributed by atoms with Crippen molar-refractivity contribution in [3.05, 3.63) is 42.6 Å². The van der Waals surface area contributed by atoms with Crippen molar-refractivity contribution < 1.29 is 18.8 Å². The average molecular weight is 316 g/mol. The van der Waals surface area contributed by atoms with Gasteiger partial charge in [-0.3, -0.25) is 24.0 Å². The van der Waals surface area contributed by atoms with Crippen LogP contribution in [0.3, 0.4) is 0 Å². The molecule has 1 fully saturated rings. The van der Waals surface area contributed by atoms with Crippen molar-refractivity contribution in [2.45, 2.75) is 18.9 Å². The maximum atomic E-state index is 12.0. The second-order valence-electron chi connectivity index (χ2n) is 5.19. The molecule has 8 heteroatoms. The number of likely N-dealkylation sites (tertiary alicyclic amines) is 1. The van der Waals surface area contributed by atoms with E-state index in [-0.39, 0.29) is 43.8 Å². The predicted octanol–water partition coefficient (Wildman–Crippen LogP) is 0.331. The lowest BCUT2D eigenvalue weighted by Crippen LogP contribution is -2.41. The number of hydrogen-bond acceptors (Lipinski definition) is 5. The molecule has 0 unspecified atom stereocenters. The number of nitrogens with zero attached hydrogens (tertiary/aromatic N) is 3. The van der Waals surface area contributed by atoms with Crippen LogP contribution < -0.4 is 5.32 Å². The molecule has 120 valence electrons. The molecule has 0 radical (unpaired) electrons. The van der Waals surface area contributed by atoms with Gasteiger partial charge in [0.1, 0.15) is 18.3 Å². The van der Waals surface area contributed by atoms with Gasteiger partial charge in [0, 0.05) is 31.8 Å². The Balaban J connectivity index is 1.62. The number of hydrogen-bond donors (Lipinski definition) is 1. The minimum atomic E-state index is -0.391. The third kappa shape index (κ3) is 3.31. The third-order valence-corrected chi connectivity index (χ3v) is 3.66. The van der Waals surface area contributed by atoms with Crippen LogP contribution in [0.2, 0.25) is 0 Å². The zero-order valence-corrected chi connectivity index (χ0v) is 12.3. The van der Waals surface area contributed by atoms with Crippen molar-refractivity contribution >= 4 is 17.7 Å². The molecule has 8 nitrogen and oxygen atoms in total. The van der Waals surface area contributed by atoms with Gasteiger partial charge >= 0.3 is 0 Å². The van der Waals surface area contributed by atoms with E-state index in [0.717, 1.165) is 4.90 Å². The monoisotopic (exact) mass is 316 g/mol. The quantitative estimate of drug-likeness (QED) is 0.775. The second kappa shape index (κ2) is 6.47. The van der Waals surface area contributed by atoms with Gasteiger partial charge in [0.25, 0.3) is 0 Å². The van der Waals surface area contributed by atoms with E-state index in [2.05, 4.69) is 10.4 Å². The fourth-order valence-corrected chi connectivity index (χ4v) is 2.48. The van der Waals surface area contributed by atoms with Crippen LogP contribution in [-0.4, -0.2) is 45.5 Å². The fraction of sp³-hybridized carbons (Fsp3) is 0.333. The number of carbonyl (C=O) groups excluding carboxylic acids is 3. The predicted molar refractivity (Wildman–Crippen MR) is 78.0 cm³/mol. The molecule has 23 heavy (non-hydrogen) atoms. The number of nitrogens with one attached hydrogen (secondary N) is 1. The van der Waals surface area contributed by atoms with Crippen LogP contribution in [0.25, 0.3) is 0 Å². The largest absolute Gasteiger partial charge is 0.467 e. The number of amides is 3. The summed E-state index contributed by atoms with van der Waals surface area (Å²) in [6, 6.07) is 5.04. The summed E-state index contributed by atoms with van der Waals surface area (Å²) in [6.07, 6.45) is 5.31. The average Bonchev–Trinajstić information content (AvgIpc) is 3.27. The van der Waals surface area contributed by atoms with Crippen LogP contribution >= 0.6 is 0 Å². The van der Waals surface area contributed by atoms with Gasteiger partial charge in [-0.2, -0.15) is 5.10 Å². The summed E-state index contributed by atoms with van der Waals surface area (Å²) in [4.78, 5) is 36.1. The van der Waals surface area contributed by atoms with Crippen molar-refractivity contribution in [3.8, 4) is 0 Å². The minimum Gasteiger partial charge on any atom is -0.467 e. The van der Waals surface area contributed by atoms with Gasteiger partial charge in [0.05, 0.1) is 6.26 Å². The lowest BCUT2D eigenvalue weighted by atomic mass is 10.2. The van der Waals surface area contributed by atoms with Crippen LogP contribution in [0, 0.1) is 0 Å². The molecule has 0 bridgehead atoms. The number of imide groups is 1. The Bertz CT molecular complexity index is 643. The van der Waals surface area contributed by atoms with Crippen molar-refractivity contribution in [3.63, 3.8) is 0 Å². The van der Waals surface area contributed by atoms with Crippen LogP contribution in [0.1, 0.15) is 24.6 Å². The first-order chi connectivity index (χ1) is 11.1. The molecule has 0 aliphatic carbocycles. The Morgan fingerprint density at radius 1 is 1.30 bits per heavy atom.